The van der Waals surface area contributed by atoms with Crippen LogP contribution < -0.4 is 5.73 Å². The summed E-state index contributed by atoms with van der Waals surface area (Å²) < 4.78 is 0. The number of hydrogen-bond acceptors (Lipinski definition) is 4. The van der Waals surface area contributed by atoms with E-state index in [-0.39, 0.29) is 11.7 Å². The molecule has 1 aromatic heterocycles. The van der Waals surface area contributed by atoms with Gasteiger partial charge in [0.05, 0.1) is 6.04 Å². The van der Waals surface area contributed by atoms with Gasteiger partial charge in [-0.25, -0.2) is 4.79 Å². The van der Waals surface area contributed by atoms with Gasteiger partial charge >= 0.3 is 5.97 Å². The number of H-pyrrole nitrogens is 1. The first-order chi connectivity index (χ1) is 6.16. The van der Waals surface area contributed by atoms with Gasteiger partial charge in [0.15, 0.2) is 5.69 Å². The molecule has 0 amide bonds. The molecule has 0 spiro atoms. The van der Waals surface area contributed by atoms with Gasteiger partial charge in [0, 0.05) is 0 Å². The van der Waals surface area contributed by atoms with Gasteiger partial charge in [-0.3, -0.25) is 0 Å². The van der Waals surface area contributed by atoms with Gasteiger partial charge in [0.25, 0.3) is 0 Å². The third kappa shape index (κ3) is 2.03. The summed E-state index contributed by atoms with van der Waals surface area (Å²) in [6.07, 6.45) is 1.58. The van der Waals surface area contributed by atoms with Gasteiger partial charge in [-0.15, -0.1) is 5.10 Å². The highest BCUT2D eigenvalue weighted by molar-refractivity contribution is 5.86. The van der Waals surface area contributed by atoms with E-state index in [1.54, 1.807) is 0 Å². The van der Waals surface area contributed by atoms with Gasteiger partial charge in [0.1, 0.15) is 5.69 Å². The molecule has 1 atom stereocenters. The molecule has 1 heterocycles. The van der Waals surface area contributed by atoms with Crippen LogP contribution in [0.15, 0.2) is 0 Å². The van der Waals surface area contributed by atoms with Crippen molar-refractivity contribution in [2.75, 3.05) is 0 Å². The maximum atomic E-state index is 10.6. The lowest BCUT2D eigenvalue weighted by Crippen LogP contribution is -2.14. The first-order valence-corrected chi connectivity index (χ1v) is 4.06. The van der Waals surface area contributed by atoms with Crippen LogP contribution in [-0.4, -0.2) is 26.5 Å². The van der Waals surface area contributed by atoms with Crippen LogP contribution in [0.25, 0.3) is 0 Å². The minimum absolute atomic E-state index is 0.0825. The van der Waals surface area contributed by atoms with Crippen LogP contribution in [0.5, 0.6) is 0 Å². The maximum absolute atomic E-state index is 10.6. The highest BCUT2D eigenvalue weighted by atomic mass is 16.4. The number of nitrogens with two attached hydrogens (primary N) is 1. The lowest BCUT2D eigenvalue weighted by Gasteiger charge is -2.05. The van der Waals surface area contributed by atoms with Crippen molar-refractivity contribution in [3.63, 3.8) is 0 Å². The Bertz CT molecular complexity index is 296. The average molecular weight is 184 g/mol. The van der Waals surface area contributed by atoms with Gasteiger partial charge in [-0.05, 0) is 6.42 Å². The topological polar surface area (TPSA) is 105 Å². The number of nitrogens with zero attached hydrogens (tertiary/aromatic N) is 2. The van der Waals surface area contributed by atoms with E-state index in [0.717, 1.165) is 6.42 Å². The second kappa shape index (κ2) is 3.99. The number of carbonyl (C=O) groups is 1. The van der Waals surface area contributed by atoms with E-state index in [1.807, 2.05) is 6.92 Å². The van der Waals surface area contributed by atoms with E-state index in [9.17, 15) is 4.79 Å². The molecule has 0 aromatic carbocycles. The Kier molecular flexibility index (Phi) is 2.97. The third-order valence-corrected chi connectivity index (χ3v) is 1.73. The SMILES string of the molecule is CCCC(N)c1n[nH]nc1C(=O)O. The number of aromatic nitrogens is 3. The molecule has 13 heavy (non-hydrogen) atoms. The molecule has 0 aliphatic carbocycles. The normalized spacial score (nSPS) is 12.8. The van der Waals surface area contributed by atoms with Crippen molar-refractivity contribution < 1.29 is 9.90 Å². The molecular formula is C7H12N4O2. The molecule has 4 N–H and O–H groups in total. The molecule has 72 valence electrons. The maximum Gasteiger partial charge on any atom is 0.358 e. The summed E-state index contributed by atoms with van der Waals surface area (Å²) in [5.74, 6) is -1.10. The summed E-state index contributed by atoms with van der Waals surface area (Å²) in [4.78, 5) is 10.6. The van der Waals surface area contributed by atoms with Crippen molar-refractivity contribution in [3.05, 3.63) is 11.4 Å². The first-order valence-electron chi connectivity index (χ1n) is 4.06. The fourth-order valence-electron chi connectivity index (χ4n) is 1.10. The number of rotatable bonds is 4. The number of carboxylic acids is 1. The molecule has 1 aromatic rings. The summed E-state index contributed by atoms with van der Waals surface area (Å²) in [6, 6.07) is -0.352. The van der Waals surface area contributed by atoms with Crippen molar-refractivity contribution in [1.82, 2.24) is 15.4 Å². The molecule has 0 saturated heterocycles. The molecule has 6 heteroatoms. The molecule has 1 unspecified atom stereocenters. The highest BCUT2D eigenvalue weighted by Crippen LogP contribution is 2.15. The van der Waals surface area contributed by atoms with Crippen molar-refractivity contribution in [2.24, 2.45) is 5.73 Å². The van der Waals surface area contributed by atoms with Crippen LogP contribution in [0.1, 0.15) is 42.0 Å². The molecule has 6 nitrogen and oxygen atoms in total. The molecule has 0 fully saturated rings. The lowest BCUT2D eigenvalue weighted by atomic mass is 10.1. The lowest BCUT2D eigenvalue weighted by molar-refractivity contribution is 0.0688. The van der Waals surface area contributed by atoms with Crippen molar-refractivity contribution in [2.45, 2.75) is 25.8 Å². The van der Waals surface area contributed by atoms with Crippen LogP contribution in [0.2, 0.25) is 0 Å². The Labute approximate surface area is 75.1 Å². The monoisotopic (exact) mass is 184 g/mol. The van der Waals surface area contributed by atoms with Crippen molar-refractivity contribution >= 4 is 5.97 Å². The molecule has 0 radical (unpaired) electrons. The fraction of sp³-hybridized carbons (Fsp3) is 0.571. The smallest absolute Gasteiger partial charge is 0.358 e. The Hall–Kier alpha value is -1.43. The fourth-order valence-corrected chi connectivity index (χ4v) is 1.10. The molecule has 1 rings (SSSR count). The predicted molar refractivity (Wildman–Crippen MR) is 45.2 cm³/mol. The van der Waals surface area contributed by atoms with Gasteiger partial charge in [-0.1, -0.05) is 13.3 Å². The average Bonchev–Trinajstić information content (AvgIpc) is 2.52. The minimum Gasteiger partial charge on any atom is -0.476 e. The molecular weight excluding hydrogens is 172 g/mol. The molecule has 0 saturated carbocycles. The Morgan fingerprint density at radius 3 is 2.92 bits per heavy atom. The quantitative estimate of drug-likeness (QED) is 0.624. The molecule has 0 bridgehead atoms. The second-order valence-electron chi connectivity index (χ2n) is 2.76. The van der Waals surface area contributed by atoms with Crippen molar-refractivity contribution in [1.29, 1.82) is 0 Å². The summed E-state index contributed by atoms with van der Waals surface area (Å²) in [5.41, 5.74) is 5.95. The largest absolute Gasteiger partial charge is 0.476 e. The summed E-state index contributed by atoms with van der Waals surface area (Å²) in [7, 11) is 0. The van der Waals surface area contributed by atoms with Crippen LogP contribution in [0.4, 0.5) is 0 Å². The second-order valence-corrected chi connectivity index (χ2v) is 2.76. The first kappa shape index (κ1) is 9.66. The highest BCUT2D eigenvalue weighted by Gasteiger charge is 2.19. The number of carboxylic acid groups (broad SMARTS) is 1. The van der Waals surface area contributed by atoms with Gasteiger partial charge in [0.2, 0.25) is 0 Å². The summed E-state index contributed by atoms with van der Waals surface area (Å²) in [6.45, 7) is 1.97. The third-order valence-electron chi connectivity index (χ3n) is 1.73. The number of aromatic amines is 1. The van der Waals surface area contributed by atoms with Gasteiger partial charge in [-0.2, -0.15) is 10.3 Å². The zero-order chi connectivity index (χ0) is 9.84. The Morgan fingerprint density at radius 2 is 2.38 bits per heavy atom. The zero-order valence-electron chi connectivity index (χ0n) is 7.32. The van der Waals surface area contributed by atoms with E-state index in [1.165, 1.54) is 0 Å². The summed E-state index contributed by atoms with van der Waals surface area (Å²) >= 11 is 0. The van der Waals surface area contributed by atoms with Crippen LogP contribution in [0, 0.1) is 0 Å². The number of nitrogens with one attached hydrogen (secondary N) is 1. The summed E-state index contributed by atoms with van der Waals surface area (Å²) in [5, 5.41) is 18.2. The standard InChI is InChI=1S/C7H12N4O2/c1-2-3-4(8)5-6(7(12)13)10-11-9-5/h4H,2-3,8H2,1H3,(H,12,13)(H,9,10,11). The zero-order valence-corrected chi connectivity index (χ0v) is 7.32. The number of aromatic carboxylic acids is 1. The van der Waals surface area contributed by atoms with E-state index >= 15 is 0 Å². The number of hydrogen-bond donors (Lipinski definition) is 3. The van der Waals surface area contributed by atoms with Gasteiger partial charge < -0.3 is 10.8 Å². The van der Waals surface area contributed by atoms with Crippen LogP contribution in [0.3, 0.4) is 0 Å². The molecule has 0 aliphatic rings. The Balaban J connectivity index is 2.86. The van der Waals surface area contributed by atoms with E-state index in [2.05, 4.69) is 15.4 Å². The van der Waals surface area contributed by atoms with E-state index < -0.39 is 5.97 Å². The predicted octanol–water partition coefficient (Wildman–Crippen LogP) is 0.303. The van der Waals surface area contributed by atoms with Crippen LogP contribution in [-0.2, 0) is 0 Å². The minimum atomic E-state index is -1.10. The Morgan fingerprint density at radius 1 is 1.69 bits per heavy atom. The molecule has 0 aliphatic heterocycles. The van der Waals surface area contributed by atoms with E-state index in [4.69, 9.17) is 10.8 Å². The van der Waals surface area contributed by atoms with Crippen LogP contribution >= 0.6 is 0 Å². The van der Waals surface area contributed by atoms with Crippen molar-refractivity contribution in [3.8, 4) is 0 Å². The van der Waals surface area contributed by atoms with E-state index in [0.29, 0.717) is 12.1 Å².